The Bertz CT molecular complexity index is 1040. The van der Waals surface area contributed by atoms with Crippen molar-refractivity contribution in [1.29, 1.82) is 0 Å². The number of aromatic amines is 1. The molecule has 26 heavy (non-hydrogen) atoms. The number of hydrogen-bond acceptors (Lipinski definition) is 3. The van der Waals surface area contributed by atoms with Gasteiger partial charge in [-0.1, -0.05) is 54.6 Å². The van der Waals surface area contributed by atoms with Crippen LogP contribution in [0.2, 0.25) is 0 Å². The molecule has 4 rings (SSSR count). The van der Waals surface area contributed by atoms with Gasteiger partial charge in [-0.2, -0.15) is 5.10 Å². The molecule has 0 unspecified atom stereocenters. The Morgan fingerprint density at radius 1 is 0.731 bits per heavy atom. The van der Waals surface area contributed by atoms with E-state index in [1.807, 2.05) is 36.4 Å². The zero-order chi connectivity index (χ0) is 17.9. The molecule has 126 valence electrons. The largest absolute Gasteiger partial charge is 0.277 e. The zero-order valence-electron chi connectivity index (χ0n) is 13.8. The molecule has 1 heterocycles. The number of nitrogens with one attached hydrogen (secondary N) is 1. The lowest BCUT2D eigenvalue weighted by Gasteiger charge is -2.02. The van der Waals surface area contributed by atoms with Crippen molar-refractivity contribution in [3.63, 3.8) is 0 Å². The first kappa shape index (κ1) is 15.8. The average molecular weight is 341 g/mol. The number of H-pyrrole nitrogens is 1. The summed E-state index contributed by atoms with van der Waals surface area (Å²) < 4.78 is 0. The van der Waals surface area contributed by atoms with E-state index in [1.165, 1.54) is 17.7 Å². The van der Waals surface area contributed by atoms with E-state index >= 15 is 0 Å². The number of aromatic nitrogens is 2. The normalized spacial score (nSPS) is 10.6. The molecule has 5 heteroatoms. The summed E-state index contributed by atoms with van der Waals surface area (Å²) >= 11 is 0. The second-order valence-electron chi connectivity index (χ2n) is 5.91. The van der Waals surface area contributed by atoms with E-state index in [0.717, 1.165) is 28.1 Å². The monoisotopic (exact) mass is 341 g/mol. The second kappa shape index (κ2) is 6.64. The Morgan fingerprint density at radius 3 is 1.96 bits per heavy atom. The number of hydrogen-bond donors (Lipinski definition) is 1. The first-order chi connectivity index (χ1) is 12.7. The Hall–Kier alpha value is -3.73. The van der Waals surface area contributed by atoms with E-state index in [-0.39, 0.29) is 5.69 Å². The van der Waals surface area contributed by atoms with Gasteiger partial charge in [0.15, 0.2) is 0 Å². The van der Waals surface area contributed by atoms with Crippen molar-refractivity contribution in [3.8, 4) is 33.6 Å². The molecule has 0 saturated carbocycles. The summed E-state index contributed by atoms with van der Waals surface area (Å²) in [4.78, 5) is 10.3. The Kier molecular flexibility index (Phi) is 4.03. The van der Waals surface area contributed by atoms with Crippen LogP contribution >= 0.6 is 0 Å². The summed E-state index contributed by atoms with van der Waals surface area (Å²) in [6.45, 7) is 0. The highest BCUT2D eigenvalue weighted by molar-refractivity contribution is 5.72. The van der Waals surface area contributed by atoms with Gasteiger partial charge in [0.25, 0.3) is 5.69 Å². The second-order valence-corrected chi connectivity index (χ2v) is 5.91. The lowest BCUT2D eigenvalue weighted by Crippen LogP contribution is -1.87. The highest BCUT2D eigenvalue weighted by atomic mass is 16.6. The van der Waals surface area contributed by atoms with Crippen LogP contribution in [0.1, 0.15) is 0 Å². The summed E-state index contributed by atoms with van der Waals surface area (Å²) in [5.74, 6) is 0. The molecule has 0 atom stereocenters. The van der Waals surface area contributed by atoms with E-state index in [9.17, 15) is 10.1 Å². The van der Waals surface area contributed by atoms with Crippen LogP contribution in [0.25, 0.3) is 33.6 Å². The Morgan fingerprint density at radius 2 is 1.31 bits per heavy atom. The standard InChI is InChI=1S/C21H15N3O2/c25-24(26)19-12-10-18(11-13-19)21-14-20(22-23-21)17-8-6-16(7-9-17)15-4-2-1-3-5-15/h1-14H,(H,22,23). The Labute approximate surface area is 150 Å². The summed E-state index contributed by atoms with van der Waals surface area (Å²) in [5, 5.41) is 18.1. The molecule has 0 aliphatic heterocycles. The first-order valence-corrected chi connectivity index (χ1v) is 8.17. The van der Waals surface area contributed by atoms with Gasteiger partial charge >= 0.3 is 0 Å². The number of benzene rings is 3. The quantitative estimate of drug-likeness (QED) is 0.403. The maximum atomic E-state index is 10.8. The minimum Gasteiger partial charge on any atom is -0.277 e. The van der Waals surface area contributed by atoms with Crippen molar-refractivity contribution in [1.82, 2.24) is 10.2 Å². The maximum Gasteiger partial charge on any atom is 0.269 e. The third-order valence-electron chi connectivity index (χ3n) is 4.25. The SMILES string of the molecule is O=[N+]([O-])c1ccc(-c2cc(-c3ccc(-c4ccccc4)cc3)n[nH]2)cc1. The van der Waals surface area contributed by atoms with Crippen molar-refractivity contribution in [2.75, 3.05) is 0 Å². The number of nitro benzene ring substituents is 1. The lowest BCUT2D eigenvalue weighted by atomic mass is 10.0. The number of non-ortho nitro benzene ring substituents is 1. The molecule has 1 N–H and O–H groups in total. The van der Waals surface area contributed by atoms with Crippen molar-refractivity contribution in [2.45, 2.75) is 0 Å². The molecule has 1 aromatic heterocycles. The third kappa shape index (κ3) is 3.10. The van der Waals surface area contributed by atoms with Gasteiger partial charge in [0, 0.05) is 23.3 Å². The van der Waals surface area contributed by atoms with Gasteiger partial charge in [-0.3, -0.25) is 15.2 Å². The van der Waals surface area contributed by atoms with Gasteiger partial charge in [-0.05, 0) is 29.3 Å². The van der Waals surface area contributed by atoms with E-state index in [0.29, 0.717) is 0 Å². The van der Waals surface area contributed by atoms with Crippen LogP contribution in [0.3, 0.4) is 0 Å². The number of nitrogens with zero attached hydrogens (tertiary/aromatic N) is 2. The van der Waals surface area contributed by atoms with Gasteiger partial charge in [0.2, 0.25) is 0 Å². The summed E-state index contributed by atoms with van der Waals surface area (Å²) in [5.41, 5.74) is 5.92. The fraction of sp³-hybridized carbons (Fsp3) is 0. The van der Waals surface area contributed by atoms with Crippen LogP contribution < -0.4 is 0 Å². The minimum atomic E-state index is -0.406. The molecule has 0 radical (unpaired) electrons. The van der Waals surface area contributed by atoms with E-state index in [1.54, 1.807) is 12.1 Å². The van der Waals surface area contributed by atoms with Gasteiger partial charge in [-0.25, -0.2) is 0 Å². The number of nitro groups is 1. The highest BCUT2D eigenvalue weighted by Crippen LogP contribution is 2.27. The van der Waals surface area contributed by atoms with Gasteiger partial charge in [0.05, 0.1) is 16.3 Å². The lowest BCUT2D eigenvalue weighted by molar-refractivity contribution is -0.384. The van der Waals surface area contributed by atoms with Crippen LogP contribution in [0.15, 0.2) is 84.9 Å². The molecule has 0 bridgehead atoms. The van der Waals surface area contributed by atoms with E-state index in [4.69, 9.17) is 0 Å². The number of rotatable bonds is 4. The van der Waals surface area contributed by atoms with Gasteiger partial charge in [0.1, 0.15) is 0 Å². The zero-order valence-corrected chi connectivity index (χ0v) is 13.8. The smallest absolute Gasteiger partial charge is 0.269 e. The van der Waals surface area contributed by atoms with Crippen molar-refractivity contribution in [3.05, 3.63) is 95.0 Å². The van der Waals surface area contributed by atoms with Crippen LogP contribution in [-0.4, -0.2) is 15.1 Å². The summed E-state index contributed by atoms with van der Waals surface area (Å²) in [7, 11) is 0. The summed E-state index contributed by atoms with van der Waals surface area (Å²) in [6.07, 6.45) is 0. The average Bonchev–Trinajstić information content (AvgIpc) is 3.19. The topological polar surface area (TPSA) is 71.8 Å². The molecule has 5 nitrogen and oxygen atoms in total. The Balaban J connectivity index is 1.59. The van der Waals surface area contributed by atoms with Crippen LogP contribution in [-0.2, 0) is 0 Å². The molecular weight excluding hydrogens is 326 g/mol. The first-order valence-electron chi connectivity index (χ1n) is 8.17. The molecule has 0 aliphatic carbocycles. The molecule has 3 aromatic carbocycles. The van der Waals surface area contributed by atoms with Gasteiger partial charge in [-0.15, -0.1) is 0 Å². The highest BCUT2D eigenvalue weighted by Gasteiger charge is 2.09. The van der Waals surface area contributed by atoms with Crippen molar-refractivity contribution >= 4 is 5.69 Å². The van der Waals surface area contributed by atoms with Crippen molar-refractivity contribution < 1.29 is 4.92 Å². The van der Waals surface area contributed by atoms with E-state index < -0.39 is 4.92 Å². The van der Waals surface area contributed by atoms with E-state index in [2.05, 4.69) is 34.5 Å². The fourth-order valence-electron chi connectivity index (χ4n) is 2.84. The molecule has 0 fully saturated rings. The maximum absolute atomic E-state index is 10.8. The van der Waals surface area contributed by atoms with Gasteiger partial charge < -0.3 is 0 Å². The predicted molar refractivity (Wildman–Crippen MR) is 102 cm³/mol. The minimum absolute atomic E-state index is 0.0741. The van der Waals surface area contributed by atoms with Crippen LogP contribution in [0, 0.1) is 10.1 Å². The molecule has 4 aromatic rings. The predicted octanol–water partition coefficient (Wildman–Crippen LogP) is 5.32. The molecule has 0 saturated heterocycles. The molecular formula is C21H15N3O2. The summed E-state index contributed by atoms with van der Waals surface area (Å²) in [6, 6.07) is 26.8. The van der Waals surface area contributed by atoms with Crippen LogP contribution in [0.4, 0.5) is 5.69 Å². The van der Waals surface area contributed by atoms with Crippen LogP contribution in [0.5, 0.6) is 0 Å². The molecule has 0 spiro atoms. The van der Waals surface area contributed by atoms with Crippen molar-refractivity contribution in [2.24, 2.45) is 0 Å². The fourth-order valence-corrected chi connectivity index (χ4v) is 2.84. The molecule has 0 amide bonds. The molecule has 0 aliphatic rings. The third-order valence-corrected chi connectivity index (χ3v) is 4.25.